The Morgan fingerprint density at radius 3 is 3.00 bits per heavy atom. The van der Waals surface area contributed by atoms with Crippen LogP contribution in [0.1, 0.15) is 26.2 Å². The monoisotopic (exact) mass is 270 g/mol. The molecule has 0 spiro atoms. The molecule has 0 aliphatic heterocycles. The summed E-state index contributed by atoms with van der Waals surface area (Å²) in [7, 11) is 0. The average molecular weight is 271 g/mol. The second kappa shape index (κ2) is 4.39. The van der Waals surface area contributed by atoms with Crippen molar-refractivity contribution in [2.75, 3.05) is 5.73 Å². The van der Waals surface area contributed by atoms with Gasteiger partial charge in [0.15, 0.2) is 11.6 Å². The van der Waals surface area contributed by atoms with Crippen molar-refractivity contribution in [3.63, 3.8) is 0 Å². The minimum atomic E-state index is 0.304. The highest BCUT2D eigenvalue weighted by atomic mass is 79.9. The van der Waals surface area contributed by atoms with E-state index < -0.39 is 0 Å². The fraction of sp³-hybridized carbons (Fsp3) is 0.545. The van der Waals surface area contributed by atoms with Gasteiger partial charge in [0.25, 0.3) is 0 Å². The Kier molecular flexibility index (Phi) is 3.14. The number of ether oxygens (including phenoxy) is 1. The lowest BCUT2D eigenvalue weighted by Gasteiger charge is -2.14. The highest BCUT2D eigenvalue weighted by Gasteiger charge is 2.23. The average Bonchev–Trinajstić information content (AvgIpc) is 2.58. The molecule has 1 aliphatic carbocycles. The largest absolute Gasteiger partial charge is 0.487 e. The molecule has 1 aromatic rings. The van der Waals surface area contributed by atoms with Crippen molar-refractivity contribution < 1.29 is 4.74 Å². The molecule has 4 heteroatoms. The zero-order valence-corrected chi connectivity index (χ0v) is 10.3. The summed E-state index contributed by atoms with van der Waals surface area (Å²) in [6.07, 6.45) is 5.46. The Balaban J connectivity index is 2.07. The van der Waals surface area contributed by atoms with E-state index >= 15 is 0 Å². The van der Waals surface area contributed by atoms with Gasteiger partial charge < -0.3 is 10.5 Å². The normalized spacial score (nSPS) is 25.5. The standard InChI is InChI=1S/C11H15BrN2O/c1-7-2-3-9(4-7)15-10-5-8(12)6-14-11(10)13/h5-7,9H,2-4H2,1H3,(H2,13,14). The summed E-state index contributed by atoms with van der Waals surface area (Å²) in [4.78, 5) is 4.05. The minimum Gasteiger partial charge on any atom is -0.487 e. The number of hydrogen-bond donors (Lipinski definition) is 1. The zero-order chi connectivity index (χ0) is 10.8. The first kappa shape index (κ1) is 10.7. The third kappa shape index (κ3) is 2.62. The number of rotatable bonds is 2. The quantitative estimate of drug-likeness (QED) is 0.899. The van der Waals surface area contributed by atoms with Crippen LogP contribution in [0.15, 0.2) is 16.7 Å². The van der Waals surface area contributed by atoms with Crippen molar-refractivity contribution in [1.82, 2.24) is 4.98 Å². The summed E-state index contributed by atoms with van der Waals surface area (Å²) in [5.74, 6) is 1.93. The second-order valence-corrected chi connectivity index (χ2v) is 5.11. The Labute approximate surface area is 98.2 Å². The van der Waals surface area contributed by atoms with Gasteiger partial charge in [-0.3, -0.25) is 0 Å². The highest BCUT2D eigenvalue weighted by Crippen LogP contribution is 2.31. The number of nitrogens with two attached hydrogens (primary N) is 1. The number of halogens is 1. The van der Waals surface area contributed by atoms with E-state index in [1.54, 1.807) is 6.20 Å². The van der Waals surface area contributed by atoms with Crippen LogP contribution in [-0.2, 0) is 0 Å². The van der Waals surface area contributed by atoms with E-state index in [1.807, 2.05) is 6.07 Å². The van der Waals surface area contributed by atoms with Gasteiger partial charge in [0.2, 0.25) is 0 Å². The molecular weight excluding hydrogens is 256 g/mol. The lowest BCUT2D eigenvalue weighted by Crippen LogP contribution is -2.13. The first-order valence-electron chi connectivity index (χ1n) is 5.23. The van der Waals surface area contributed by atoms with Crippen molar-refractivity contribution in [3.05, 3.63) is 16.7 Å². The third-order valence-corrected chi connectivity index (χ3v) is 3.22. The molecule has 15 heavy (non-hydrogen) atoms. The summed E-state index contributed by atoms with van der Waals surface area (Å²) in [6, 6.07) is 1.88. The Morgan fingerprint density at radius 2 is 2.33 bits per heavy atom. The van der Waals surface area contributed by atoms with Crippen LogP contribution in [-0.4, -0.2) is 11.1 Å². The number of nitrogens with zero attached hydrogens (tertiary/aromatic N) is 1. The third-order valence-electron chi connectivity index (χ3n) is 2.79. The van der Waals surface area contributed by atoms with Gasteiger partial charge in [-0.15, -0.1) is 0 Å². The molecule has 1 heterocycles. The molecule has 0 amide bonds. The van der Waals surface area contributed by atoms with Gasteiger partial charge in [0.1, 0.15) is 0 Å². The number of pyridine rings is 1. The first-order chi connectivity index (χ1) is 7.15. The van der Waals surface area contributed by atoms with E-state index in [1.165, 1.54) is 6.42 Å². The molecule has 1 saturated carbocycles. The smallest absolute Gasteiger partial charge is 0.166 e. The van der Waals surface area contributed by atoms with Gasteiger partial charge in [-0.2, -0.15) is 0 Å². The summed E-state index contributed by atoms with van der Waals surface area (Å²) in [5, 5.41) is 0. The van der Waals surface area contributed by atoms with Crippen LogP contribution < -0.4 is 10.5 Å². The van der Waals surface area contributed by atoms with Crippen molar-refractivity contribution in [1.29, 1.82) is 0 Å². The van der Waals surface area contributed by atoms with Crippen molar-refractivity contribution >= 4 is 21.7 Å². The fourth-order valence-corrected chi connectivity index (χ4v) is 2.28. The van der Waals surface area contributed by atoms with E-state index in [-0.39, 0.29) is 0 Å². The van der Waals surface area contributed by atoms with Crippen molar-refractivity contribution in [2.45, 2.75) is 32.3 Å². The van der Waals surface area contributed by atoms with Crippen LogP contribution in [0.25, 0.3) is 0 Å². The summed E-state index contributed by atoms with van der Waals surface area (Å²) >= 11 is 3.36. The van der Waals surface area contributed by atoms with Crippen LogP contribution in [0.5, 0.6) is 5.75 Å². The van der Waals surface area contributed by atoms with Crippen LogP contribution in [0.4, 0.5) is 5.82 Å². The predicted octanol–water partition coefficient (Wildman–Crippen LogP) is 2.99. The zero-order valence-electron chi connectivity index (χ0n) is 8.74. The van der Waals surface area contributed by atoms with Crippen LogP contribution in [0.2, 0.25) is 0 Å². The Bertz CT molecular complexity index is 356. The van der Waals surface area contributed by atoms with E-state index in [9.17, 15) is 0 Å². The molecule has 2 rings (SSSR count). The Hall–Kier alpha value is -0.770. The maximum Gasteiger partial charge on any atom is 0.166 e. The van der Waals surface area contributed by atoms with Crippen molar-refractivity contribution in [2.24, 2.45) is 5.92 Å². The maximum atomic E-state index is 5.84. The van der Waals surface area contributed by atoms with Gasteiger partial charge in [-0.05, 0) is 47.2 Å². The molecule has 0 saturated heterocycles. The fourth-order valence-electron chi connectivity index (χ4n) is 1.97. The lowest BCUT2D eigenvalue weighted by molar-refractivity contribution is 0.206. The summed E-state index contributed by atoms with van der Waals surface area (Å²) < 4.78 is 6.74. The molecule has 1 aliphatic rings. The molecule has 0 aromatic carbocycles. The highest BCUT2D eigenvalue weighted by molar-refractivity contribution is 9.10. The molecule has 3 nitrogen and oxygen atoms in total. The van der Waals surface area contributed by atoms with Gasteiger partial charge in [-0.1, -0.05) is 6.92 Å². The number of aromatic nitrogens is 1. The molecule has 2 N–H and O–H groups in total. The Morgan fingerprint density at radius 1 is 1.53 bits per heavy atom. The molecule has 0 bridgehead atoms. The van der Waals surface area contributed by atoms with Gasteiger partial charge in [0, 0.05) is 10.7 Å². The van der Waals surface area contributed by atoms with E-state index in [0.717, 1.165) is 23.2 Å². The van der Waals surface area contributed by atoms with Gasteiger partial charge in [0.05, 0.1) is 6.10 Å². The number of nitrogen functional groups attached to an aromatic ring is 1. The summed E-state index contributed by atoms with van der Waals surface area (Å²) in [5.41, 5.74) is 5.75. The first-order valence-corrected chi connectivity index (χ1v) is 6.02. The van der Waals surface area contributed by atoms with Crippen LogP contribution >= 0.6 is 15.9 Å². The van der Waals surface area contributed by atoms with Gasteiger partial charge >= 0.3 is 0 Å². The van der Waals surface area contributed by atoms with Crippen LogP contribution in [0.3, 0.4) is 0 Å². The second-order valence-electron chi connectivity index (χ2n) is 4.19. The molecule has 2 atom stereocenters. The molecular formula is C11H15BrN2O. The summed E-state index contributed by atoms with van der Waals surface area (Å²) in [6.45, 7) is 2.26. The predicted molar refractivity (Wildman–Crippen MR) is 63.8 cm³/mol. The molecule has 2 unspecified atom stereocenters. The molecule has 1 aromatic heterocycles. The van der Waals surface area contributed by atoms with Crippen LogP contribution in [0, 0.1) is 5.92 Å². The number of hydrogen-bond acceptors (Lipinski definition) is 3. The molecule has 1 fully saturated rings. The SMILES string of the molecule is CC1CCC(Oc2cc(Br)cnc2N)C1. The van der Waals surface area contributed by atoms with E-state index in [0.29, 0.717) is 17.7 Å². The van der Waals surface area contributed by atoms with E-state index in [4.69, 9.17) is 10.5 Å². The minimum absolute atomic E-state index is 0.304. The lowest BCUT2D eigenvalue weighted by atomic mass is 10.1. The van der Waals surface area contributed by atoms with Gasteiger partial charge in [-0.25, -0.2) is 4.98 Å². The number of anilines is 1. The topological polar surface area (TPSA) is 48.1 Å². The van der Waals surface area contributed by atoms with E-state index in [2.05, 4.69) is 27.8 Å². The van der Waals surface area contributed by atoms with Crippen molar-refractivity contribution in [3.8, 4) is 5.75 Å². The molecule has 82 valence electrons. The maximum absolute atomic E-state index is 5.84. The molecule has 0 radical (unpaired) electrons.